The third-order valence-electron chi connectivity index (χ3n) is 10.7. The summed E-state index contributed by atoms with van der Waals surface area (Å²) in [5, 5.41) is 9.97. The maximum absolute atomic E-state index is 6.62. The van der Waals surface area contributed by atoms with Gasteiger partial charge in [-0.1, -0.05) is 103 Å². The summed E-state index contributed by atoms with van der Waals surface area (Å²) in [4.78, 5) is 0. The largest absolute Gasteiger partial charge is 0.454 e. The second-order valence-electron chi connectivity index (χ2n) is 13.2. The van der Waals surface area contributed by atoms with Gasteiger partial charge in [0.05, 0.1) is 11.0 Å². The van der Waals surface area contributed by atoms with Crippen LogP contribution in [-0.4, -0.2) is 4.57 Å². The highest BCUT2D eigenvalue weighted by Crippen LogP contribution is 2.50. The fourth-order valence-corrected chi connectivity index (χ4v) is 9.70. The first-order valence-electron chi connectivity index (χ1n) is 16.8. The molecule has 0 radical (unpaired) electrons. The van der Waals surface area contributed by atoms with Gasteiger partial charge in [0.15, 0.2) is 5.58 Å². The van der Waals surface area contributed by atoms with Crippen molar-refractivity contribution >= 4 is 86.0 Å². The molecule has 226 valence electrons. The van der Waals surface area contributed by atoms with Crippen molar-refractivity contribution in [2.24, 2.45) is 0 Å². The average molecular weight is 640 g/mol. The monoisotopic (exact) mass is 639 g/mol. The lowest BCUT2D eigenvalue weighted by Gasteiger charge is -2.10. The third-order valence-corrected chi connectivity index (χ3v) is 11.9. The molecular formula is C46H25NOS. The third kappa shape index (κ3) is 3.35. The van der Waals surface area contributed by atoms with Crippen LogP contribution in [0.4, 0.5) is 0 Å². The number of hydrogen-bond donors (Lipinski definition) is 0. The van der Waals surface area contributed by atoms with Crippen LogP contribution in [0, 0.1) is 0 Å². The van der Waals surface area contributed by atoms with E-state index in [2.05, 4.69) is 150 Å². The first-order valence-corrected chi connectivity index (χ1v) is 17.6. The van der Waals surface area contributed by atoms with Crippen LogP contribution in [0.3, 0.4) is 0 Å². The summed E-state index contributed by atoms with van der Waals surface area (Å²) in [6, 6.07) is 55.7. The van der Waals surface area contributed by atoms with E-state index in [1.165, 1.54) is 80.6 Å². The van der Waals surface area contributed by atoms with Crippen LogP contribution in [0.25, 0.3) is 114 Å². The van der Waals surface area contributed by atoms with Crippen molar-refractivity contribution in [2.75, 3.05) is 0 Å². The molecule has 0 saturated carbocycles. The van der Waals surface area contributed by atoms with Gasteiger partial charge in [-0.2, -0.15) is 0 Å². The summed E-state index contributed by atoms with van der Waals surface area (Å²) in [5.74, 6) is 0. The minimum Gasteiger partial charge on any atom is -0.454 e. The van der Waals surface area contributed by atoms with Gasteiger partial charge in [-0.15, -0.1) is 11.3 Å². The van der Waals surface area contributed by atoms with Crippen LogP contribution < -0.4 is 0 Å². The summed E-state index contributed by atoms with van der Waals surface area (Å²) in [6.07, 6.45) is 0. The molecule has 3 heteroatoms. The molecule has 3 heterocycles. The maximum atomic E-state index is 6.62. The molecule has 0 fully saturated rings. The molecule has 0 N–H and O–H groups in total. The quantitative estimate of drug-likeness (QED) is 0.184. The molecular weight excluding hydrogens is 615 g/mol. The van der Waals surface area contributed by atoms with Crippen molar-refractivity contribution in [3.63, 3.8) is 0 Å². The van der Waals surface area contributed by atoms with Gasteiger partial charge in [0.25, 0.3) is 0 Å². The Morgan fingerprint density at radius 3 is 2.00 bits per heavy atom. The van der Waals surface area contributed by atoms with Crippen molar-refractivity contribution in [1.82, 2.24) is 4.57 Å². The fourth-order valence-electron chi connectivity index (χ4n) is 8.63. The standard InChI is InChI=1S/C46H25NOS/c1-2-9-30-29(8-1)34-13-7-12-33-28(18-19-35(30)44(33)34)26-16-22-42-38(24-26)39-25-27(17-23-43(39)49-42)47-40-14-5-3-10-31(40)36-20-21-37-32-11-4-6-15-41(32)48-46(37)45(36)47/h1-25H. The SMILES string of the molecule is c1ccc2c(c1)-c1cccc3c(-c4ccc5sc6ccc(-n7c8ccccc8c8ccc9c%10ccccc%10oc9c87)cc6c5c4)ccc-2c13. The predicted molar refractivity (Wildman–Crippen MR) is 208 cm³/mol. The molecule has 0 atom stereocenters. The number of thiophene rings is 1. The number of para-hydroxylation sites is 2. The van der Waals surface area contributed by atoms with Crippen LogP contribution in [0.5, 0.6) is 0 Å². The van der Waals surface area contributed by atoms with Gasteiger partial charge in [-0.05, 0) is 92.7 Å². The molecule has 0 amide bonds. The number of benzene rings is 8. The van der Waals surface area contributed by atoms with Crippen LogP contribution in [0.1, 0.15) is 0 Å². The lowest BCUT2D eigenvalue weighted by molar-refractivity contribution is 0.671. The second-order valence-corrected chi connectivity index (χ2v) is 14.3. The highest BCUT2D eigenvalue weighted by Gasteiger charge is 2.23. The number of furan rings is 1. The van der Waals surface area contributed by atoms with E-state index in [-0.39, 0.29) is 0 Å². The van der Waals surface area contributed by atoms with Gasteiger partial charge in [0.2, 0.25) is 0 Å². The first kappa shape index (κ1) is 25.9. The Balaban J connectivity index is 1.10. The zero-order valence-corrected chi connectivity index (χ0v) is 27.0. The molecule has 0 bridgehead atoms. The Morgan fingerprint density at radius 1 is 0.429 bits per heavy atom. The van der Waals surface area contributed by atoms with Gasteiger partial charge in [0.1, 0.15) is 5.58 Å². The van der Waals surface area contributed by atoms with Crippen molar-refractivity contribution in [2.45, 2.75) is 0 Å². The van der Waals surface area contributed by atoms with E-state index in [1.54, 1.807) is 0 Å². The van der Waals surface area contributed by atoms with Crippen molar-refractivity contribution in [1.29, 1.82) is 0 Å². The summed E-state index contributed by atoms with van der Waals surface area (Å²) >= 11 is 1.87. The number of nitrogens with zero attached hydrogens (tertiary/aromatic N) is 1. The number of rotatable bonds is 2. The van der Waals surface area contributed by atoms with E-state index < -0.39 is 0 Å². The fraction of sp³-hybridized carbons (Fsp3) is 0. The molecule has 0 spiro atoms. The molecule has 0 saturated heterocycles. The number of hydrogen-bond acceptors (Lipinski definition) is 2. The van der Waals surface area contributed by atoms with Gasteiger partial charge < -0.3 is 8.98 Å². The van der Waals surface area contributed by atoms with E-state index in [4.69, 9.17) is 4.42 Å². The Morgan fingerprint density at radius 2 is 1.10 bits per heavy atom. The maximum Gasteiger partial charge on any atom is 0.160 e. The van der Waals surface area contributed by atoms with E-state index in [1.807, 2.05) is 17.4 Å². The number of fused-ring (bicyclic) bond motifs is 13. The lowest BCUT2D eigenvalue weighted by Crippen LogP contribution is -1.93. The second kappa shape index (κ2) is 9.25. The molecule has 1 aliphatic rings. The summed E-state index contributed by atoms with van der Waals surface area (Å²) in [7, 11) is 0. The molecule has 11 aromatic rings. The van der Waals surface area contributed by atoms with E-state index in [0.717, 1.165) is 33.1 Å². The van der Waals surface area contributed by atoms with Crippen molar-refractivity contribution in [3.8, 4) is 39.1 Å². The Labute approximate surface area is 284 Å². The van der Waals surface area contributed by atoms with Gasteiger partial charge in [0, 0.05) is 47.4 Å². The van der Waals surface area contributed by atoms with Crippen molar-refractivity contribution in [3.05, 3.63) is 152 Å². The van der Waals surface area contributed by atoms with E-state index in [9.17, 15) is 0 Å². The normalized spacial score (nSPS) is 12.5. The Kier molecular flexibility index (Phi) is 4.89. The molecule has 49 heavy (non-hydrogen) atoms. The van der Waals surface area contributed by atoms with Crippen LogP contribution in [0.2, 0.25) is 0 Å². The smallest absolute Gasteiger partial charge is 0.160 e. The molecule has 1 aliphatic carbocycles. The van der Waals surface area contributed by atoms with Crippen molar-refractivity contribution < 1.29 is 4.42 Å². The summed E-state index contributed by atoms with van der Waals surface area (Å²) in [6.45, 7) is 0. The molecule has 8 aromatic carbocycles. The molecule has 12 rings (SSSR count). The zero-order chi connectivity index (χ0) is 31.8. The van der Waals surface area contributed by atoms with Crippen LogP contribution in [0.15, 0.2) is 156 Å². The van der Waals surface area contributed by atoms with E-state index >= 15 is 0 Å². The lowest BCUT2D eigenvalue weighted by atomic mass is 9.93. The number of aromatic nitrogens is 1. The highest BCUT2D eigenvalue weighted by molar-refractivity contribution is 7.25. The molecule has 2 nitrogen and oxygen atoms in total. The molecule has 3 aromatic heterocycles. The van der Waals surface area contributed by atoms with Gasteiger partial charge in [-0.25, -0.2) is 0 Å². The topological polar surface area (TPSA) is 18.1 Å². The molecule has 0 aliphatic heterocycles. The summed E-state index contributed by atoms with van der Waals surface area (Å²) < 4.78 is 11.6. The highest BCUT2D eigenvalue weighted by atomic mass is 32.1. The van der Waals surface area contributed by atoms with E-state index in [0.29, 0.717) is 0 Å². The minimum absolute atomic E-state index is 0.917. The van der Waals surface area contributed by atoms with Crippen LogP contribution >= 0.6 is 11.3 Å². The average Bonchev–Trinajstić information content (AvgIpc) is 3.90. The van der Waals surface area contributed by atoms with Gasteiger partial charge in [-0.3, -0.25) is 0 Å². The zero-order valence-electron chi connectivity index (χ0n) is 26.2. The van der Waals surface area contributed by atoms with Crippen LogP contribution in [-0.2, 0) is 0 Å². The predicted octanol–water partition coefficient (Wildman–Crippen LogP) is 13.5. The molecule has 0 unspecified atom stereocenters. The van der Waals surface area contributed by atoms with Gasteiger partial charge >= 0.3 is 0 Å². The summed E-state index contributed by atoms with van der Waals surface area (Å²) in [5.41, 5.74) is 13.1. The Hall–Kier alpha value is -6.16. The Bertz CT molecular complexity index is 3200. The first-order chi connectivity index (χ1) is 24.3. The minimum atomic E-state index is 0.917.